The number of nitrogen functional groups attached to an aromatic ring is 1. The molecule has 0 aliphatic carbocycles. The van der Waals surface area contributed by atoms with E-state index < -0.39 is 101 Å². The number of nitrogens with two attached hydrogens (primary N) is 1. The number of fused-ring (bicyclic) bond motifs is 1. The summed E-state index contributed by atoms with van der Waals surface area (Å²) in [6.07, 6.45) is -8.91. The average molecular weight is 561 g/mol. The highest BCUT2D eigenvalue weighted by Gasteiger charge is 2.44. The smallest absolute Gasteiger partial charge is 0.407 e. The molecule has 2 aromatic carbocycles. The number of amides is 1. The van der Waals surface area contributed by atoms with Gasteiger partial charge in [0.1, 0.15) is 6.08 Å². The van der Waals surface area contributed by atoms with Crippen molar-refractivity contribution in [3.05, 3.63) is 60.2 Å². The van der Waals surface area contributed by atoms with Crippen LogP contribution >= 0.6 is 0 Å². The standard InChI is InChI=1S/C27H37N3O7S/c1-18(2)15-30(38(33,34)21-10-8-20(28)9-11-21)16-24(31)23(14-19-6-4-3-5-7-19)29-27(32)37-25-17-36-26-22(25)12-13-35-26/h3-11,18,22-26,31H,12-17,28H2,1-2H3,(H,29,32)/t22-,23-,24-,25-,26+/m0/s1/i1D3,2D3,15D2,16D2,18D,24D,25D. The number of nitrogens with one attached hydrogen (secondary N) is 1. The molecule has 2 aromatic rings. The zero-order valence-corrected chi connectivity index (χ0v) is 20.9. The molecule has 0 bridgehead atoms. The van der Waals surface area contributed by atoms with Crippen LogP contribution in [-0.2, 0) is 30.7 Å². The van der Waals surface area contributed by atoms with E-state index in [0.717, 1.165) is 24.3 Å². The van der Waals surface area contributed by atoms with Crippen LogP contribution in [0.4, 0.5) is 10.5 Å². The molecule has 2 aliphatic rings. The molecular weight excluding hydrogens is 510 g/mol. The van der Waals surface area contributed by atoms with Crippen molar-refractivity contribution in [2.75, 3.05) is 31.9 Å². The summed E-state index contributed by atoms with van der Waals surface area (Å²) in [4.78, 5) is 12.4. The van der Waals surface area contributed by atoms with Gasteiger partial charge in [-0.25, -0.2) is 13.2 Å². The van der Waals surface area contributed by atoms with Crippen molar-refractivity contribution in [3.8, 4) is 0 Å². The minimum Gasteiger partial charge on any atom is -0.443 e. The highest BCUT2D eigenvalue weighted by atomic mass is 32.2. The van der Waals surface area contributed by atoms with Crippen LogP contribution in [0.3, 0.4) is 0 Å². The average Bonchev–Trinajstić information content (AvgIpc) is 3.59. The maximum Gasteiger partial charge on any atom is 0.407 e. The van der Waals surface area contributed by atoms with Gasteiger partial charge in [0.05, 0.1) is 38.9 Å². The quantitative estimate of drug-likeness (QED) is 0.356. The highest BCUT2D eigenvalue weighted by Crippen LogP contribution is 2.33. The summed E-state index contributed by atoms with van der Waals surface area (Å²) in [6, 6.07) is 8.58. The zero-order chi connectivity index (χ0) is 38.6. The van der Waals surface area contributed by atoms with E-state index in [4.69, 9.17) is 37.8 Å². The molecule has 2 fully saturated rings. The van der Waals surface area contributed by atoms with Crippen molar-refractivity contribution in [2.45, 2.75) is 55.9 Å². The summed E-state index contributed by atoms with van der Waals surface area (Å²) in [6.45, 7) is -17.7. The van der Waals surface area contributed by atoms with Crippen LogP contribution in [0.5, 0.6) is 0 Å². The molecule has 38 heavy (non-hydrogen) atoms. The fourth-order valence-corrected chi connectivity index (χ4v) is 5.07. The van der Waals surface area contributed by atoms with E-state index >= 15 is 0 Å². The number of benzene rings is 2. The molecule has 11 heteroatoms. The number of rotatable bonds is 11. The fraction of sp³-hybridized carbons (Fsp3) is 0.519. The molecule has 0 spiro atoms. The van der Waals surface area contributed by atoms with E-state index in [0.29, 0.717) is 0 Å². The fourth-order valence-electron chi connectivity index (χ4n) is 3.95. The monoisotopic (exact) mass is 560 g/mol. The summed E-state index contributed by atoms with van der Waals surface area (Å²) >= 11 is 0. The normalized spacial score (nSPS) is 32.3. The first-order valence-corrected chi connectivity index (χ1v) is 13.0. The molecule has 2 saturated heterocycles. The van der Waals surface area contributed by atoms with Gasteiger partial charge in [0, 0.05) is 33.8 Å². The Kier molecular flexibility index (Phi) is 5.17. The van der Waals surface area contributed by atoms with Gasteiger partial charge in [-0.15, -0.1) is 0 Å². The Hall–Kier alpha value is -2.70. The summed E-state index contributed by atoms with van der Waals surface area (Å²) in [5.41, 5.74) is 5.82. The van der Waals surface area contributed by atoms with Gasteiger partial charge in [0.25, 0.3) is 0 Å². The first kappa shape index (κ1) is 15.8. The third-order valence-corrected chi connectivity index (χ3v) is 7.35. The van der Waals surface area contributed by atoms with E-state index in [9.17, 15) is 18.3 Å². The lowest BCUT2D eigenvalue weighted by molar-refractivity contribution is -0.0907. The van der Waals surface area contributed by atoms with Crippen LogP contribution < -0.4 is 11.1 Å². The molecule has 208 valence electrons. The van der Waals surface area contributed by atoms with E-state index in [-0.39, 0.29) is 24.3 Å². The van der Waals surface area contributed by atoms with Crippen LogP contribution in [0.25, 0.3) is 0 Å². The van der Waals surface area contributed by atoms with Gasteiger partial charge in [-0.3, -0.25) is 0 Å². The minimum absolute atomic E-state index is 0.0238. The molecule has 2 heterocycles. The number of hydrogen-bond acceptors (Lipinski definition) is 8. The van der Waals surface area contributed by atoms with Crippen molar-refractivity contribution in [1.82, 2.24) is 9.62 Å². The third-order valence-electron chi connectivity index (χ3n) is 5.82. The Morgan fingerprint density at radius 3 is 2.71 bits per heavy atom. The lowest BCUT2D eigenvalue weighted by Gasteiger charge is -2.31. The zero-order valence-electron chi connectivity index (χ0n) is 33.1. The Bertz CT molecular complexity index is 1670. The van der Waals surface area contributed by atoms with Gasteiger partial charge in [0.2, 0.25) is 10.0 Å². The SMILES string of the molecule is [2H]C([2H])([2H])C([2H])(C([2H])([2H])[2H])C([2H])([2H])N(C([2H])([2H])[C@]([2H])(O)[C@H](Cc1ccccc1)NC(=O)O[C@@]1([2H])CO[C@H]2OCC[C@H]21)S(=O)(=O)c1ccc(N)cc1. The number of hydrogen-bond donors (Lipinski definition) is 3. The molecule has 0 radical (unpaired) electrons. The number of anilines is 1. The van der Waals surface area contributed by atoms with Crippen LogP contribution in [0.15, 0.2) is 59.5 Å². The van der Waals surface area contributed by atoms with Crippen molar-refractivity contribution in [2.24, 2.45) is 11.8 Å². The molecule has 2 aliphatic heterocycles. The maximum absolute atomic E-state index is 14.3. The Morgan fingerprint density at radius 1 is 1.26 bits per heavy atom. The third kappa shape index (κ3) is 7.03. The summed E-state index contributed by atoms with van der Waals surface area (Å²) in [7, 11) is -5.87. The molecule has 10 nitrogen and oxygen atoms in total. The van der Waals surface area contributed by atoms with Gasteiger partial charge in [-0.05, 0) is 48.6 Å². The Morgan fingerprint density at radius 2 is 2.00 bits per heavy atom. The Labute approximate surface area is 242 Å². The number of ether oxygens (including phenoxy) is 3. The second-order valence-corrected chi connectivity index (χ2v) is 10.3. The number of carbonyl (C=O) groups excluding carboxylic acids is 1. The van der Waals surface area contributed by atoms with Crippen LogP contribution in [0.2, 0.25) is 0 Å². The highest BCUT2D eigenvalue weighted by molar-refractivity contribution is 7.89. The number of nitrogens with zero attached hydrogens (tertiary/aromatic N) is 1. The second-order valence-electron chi connectivity index (χ2n) is 8.51. The van der Waals surface area contributed by atoms with E-state index in [1.807, 2.05) is 0 Å². The second kappa shape index (κ2) is 12.4. The molecule has 5 atom stereocenters. The van der Waals surface area contributed by atoms with Crippen molar-refractivity contribution in [3.63, 3.8) is 0 Å². The molecule has 0 saturated carbocycles. The molecular formula is C27H37N3O7S. The first-order valence-electron chi connectivity index (χ1n) is 18.0. The van der Waals surface area contributed by atoms with Crippen LogP contribution in [0.1, 0.15) is 43.5 Å². The van der Waals surface area contributed by atoms with E-state index in [2.05, 4.69) is 5.32 Å². The van der Waals surface area contributed by atoms with Gasteiger partial charge in [-0.1, -0.05) is 44.0 Å². The number of sulfonamides is 1. The lowest BCUT2D eigenvalue weighted by Crippen LogP contribution is -2.51. The predicted octanol–water partition coefficient (Wildman–Crippen LogP) is 2.38. The molecule has 0 aromatic heterocycles. The van der Waals surface area contributed by atoms with E-state index in [1.54, 1.807) is 6.07 Å². The number of alkyl carbamates (subject to hydrolysis) is 1. The van der Waals surface area contributed by atoms with Crippen molar-refractivity contribution in [1.29, 1.82) is 0 Å². The molecule has 0 unspecified atom stereocenters. The van der Waals surface area contributed by atoms with Gasteiger partial charge in [0.15, 0.2) is 6.29 Å². The van der Waals surface area contributed by atoms with Gasteiger partial charge < -0.3 is 30.4 Å². The molecule has 4 N–H and O–H groups in total. The molecule has 1 amide bonds. The van der Waals surface area contributed by atoms with Crippen molar-refractivity contribution >= 4 is 21.8 Å². The van der Waals surface area contributed by atoms with Crippen molar-refractivity contribution < 1.29 is 50.3 Å². The van der Waals surface area contributed by atoms with Gasteiger partial charge in [-0.2, -0.15) is 4.31 Å². The number of aliphatic hydroxyl groups is 1. The van der Waals surface area contributed by atoms with E-state index in [1.165, 1.54) is 24.3 Å². The topological polar surface area (TPSA) is 140 Å². The molecule has 4 rings (SSSR count). The maximum atomic E-state index is 14.3. The first-order chi connectivity index (χ1) is 23.1. The van der Waals surface area contributed by atoms with Crippen LogP contribution in [0, 0.1) is 11.8 Å². The lowest BCUT2D eigenvalue weighted by atomic mass is 10.0. The minimum atomic E-state index is -5.87. The summed E-state index contributed by atoms with van der Waals surface area (Å²) < 4.78 is 152. The largest absolute Gasteiger partial charge is 0.443 e. The Balaban J connectivity index is 1.90. The predicted molar refractivity (Wildman–Crippen MR) is 142 cm³/mol. The summed E-state index contributed by atoms with van der Waals surface area (Å²) in [5, 5.41) is 13.9. The van der Waals surface area contributed by atoms with Crippen LogP contribution in [-0.4, -0.2) is 74.6 Å². The number of carbonyl (C=O) groups is 1. The van der Waals surface area contributed by atoms with Gasteiger partial charge >= 0.3 is 6.09 Å². The summed E-state index contributed by atoms with van der Waals surface area (Å²) in [5.74, 6) is -5.21.